The molecule has 0 atom stereocenters. The summed E-state index contributed by atoms with van der Waals surface area (Å²) in [4.78, 5) is 0. The zero-order valence-electron chi connectivity index (χ0n) is 9.37. The summed E-state index contributed by atoms with van der Waals surface area (Å²) in [5.41, 5.74) is 0. The van der Waals surface area contributed by atoms with Crippen molar-refractivity contribution < 1.29 is 13.2 Å². The van der Waals surface area contributed by atoms with E-state index in [1.807, 2.05) is 0 Å². The maximum Gasteiger partial charge on any atom is 0.154 e. The predicted molar refractivity (Wildman–Crippen MR) is 60.8 cm³/mol. The van der Waals surface area contributed by atoms with Gasteiger partial charge in [-0.1, -0.05) is 6.92 Å². The van der Waals surface area contributed by atoms with Crippen LogP contribution in [0.4, 0.5) is 0 Å². The minimum atomic E-state index is -2.91. The third-order valence-electron chi connectivity index (χ3n) is 2.67. The van der Waals surface area contributed by atoms with Gasteiger partial charge in [0, 0.05) is 19.8 Å². The Hall–Kier alpha value is -0.130. The number of hydrogen-bond donors (Lipinski definition) is 1. The standard InChI is InChI=1S/C10H21NO3S/c1-2-5-11-6-9-15(12,13)10-3-7-14-8-4-10/h10-11H,2-9H2,1H3. The summed E-state index contributed by atoms with van der Waals surface area (Å²) in [6.45, 7) is 4.72. The van der Waals surface area contributed by atoms with Gasteiger partial charge in [0.05, 0.1) is 11.0 Å². The number of hydrogen-bond acceptors (Lipinski definition) is 4. The Bertz CT molecular complexity index is 258. The van der Waals surface area contributed by atoms with Crippen LogP contribution in [0.25, 0.3) is 0 Å². The van der Waals surface area contributed by atoms with Gasteiger partial charge in [-0.3, -0.25) is 0 Å². The van der Waals surface area contributed by atoms with Crippen LogP contribution >= 0.6 is 0 Å². The normalized spacial score (nSPS) is 19.3. The molecule has 90 valence electrons. The predicted octanol–water partition coefficient (Wildman–Crippen LogP) is 0.580. The van der Waals surface area contributed by atoms with E-state index in [1.54, 1.807) is 0 Å². The van der Waals surface area contributed by atoms with Crippen LogP contribution in [-0.2, 0) is 14.6 Å². The Morgan fingerprint density at radius 2 is 1.93 bits per heavy atom. The van der Waals surface area contributed by atoms with Crippen molar-refractivity contribution in [1.29, 1.82) is 0 Å². The maximum atomic E-state index is 11.9. The Morgan fingerprint density at radius 1 is 1.27 bits per heavy atom. The van der Waals surface area contributed by atoms with Crippen molar-refractivity contribution in [1.82, 2.24) is 5.32 Å². The second-order valence-corrected chi connectivity index (χ2v) is 6.33. The van der Waals surface area contributed by atoms with Crippen LogP contribution in [0.3, 0.4) is 0 Å². The smallest absolute Gasteiger partial charge is 0.154 e. The SMILES string of the molecule is CCCNCCS(=O)(=O)C1CCOCC1. The summed E-state index contributed by atoms with van der Waals surface area (Å²) in [5, 5.41) is 2.95. The van der Waals surface area contributed by atoms with Gasteiger partial charge in [0.1, 0.15) is 0 Å². The van der Waals surface area contributed by atoms with E-state index in [0.29, 0.717) is 32.6 Å². The molecule has 0 amide bonds. The van der Waals surface area contributed by atoms with Gasteiger partial charge in [-0.2, -0.15) is 0 Å². The van der Waals surface area contributed by atoms with Gasteiger partial charge in [0.25, 0.3) is 0 Å². The fraction of sp³-hybridized carbons (Fsp3) is 1.00. The van der Waals surface area contributed by atoms with Gasteiger partial charge in [-0.05, 0) is 25.8 Å². The Morgan fingerprint density at radius 3 is 2.53 bits per heavy atom. The van der Waals surface area contributed by atoms with E-state index < -0.39 is 9.84 Å². The van der Waals surface area contributed by atoms with Gasteiger partial charge in [-0.15, -0.1) is 0 Å². The van der Waals surface area contributed by atoms with E-state index in [2.05, 4.69) is 12.2 Å². The molecule has 0 aliphatic carbocycles. The lowest BCUT2D eigenvalue weighted by Crippen LogP contribution is -2.34. The Balaban J connectivity index is 2.30. The van der Waals surface area contributed by atoms with E-state index in [-0.39, 0.29) is 11.0 Å². The van der Waals surface area contributed by atoms with Crippen molar-refractivity contribution in [2.75, 3.05) is 32.1 Å². The molecular weight excluding hydrogens is 214 g/mol. The second-order valence-electron chi connectivity index (χ2n) is 3.93. The summed E-state index contributed by atoms with van der Waals surface area (Å²) in [5.74, 6) is 0.262. The first-order valence-corrected chi connectivity index (χ1v) is 7.38. The van der Waals surface area contributed by atoms with Gasteiger partial charge in [0.15, 0.2) is 9.84 Å². The van der Waals surface area contributed by atoms with Crippen molar-refractivity contribution >= 4 is 9.84 Å². The lowest BCUT2D eigenvalue weighted by molar-refractivity contribution is 0.0983. The molecule has 1 heterocycles. The average Bonchev–Trinajstić information content (AvgIpc) is 2.26. The topological polar surface area (TPSA) is 55.4 Å². The van der Waals surface area contributed by atoms with Gasteiger partial charge < -0.3 is 10.1 Å². The zero-order chi connectivity index (χ0) is 11.1. The fourth-order valence-electron chi connectivity index (χ4n) is 1.72. The molecule has 1 rings (SSSR count). The van der Waals surface area contributed by atoms with Gasteiger partial charge in [-0.25, -0.2) is 8.42 Å². The Kier molecular flexibility index (Phi) is 5.56. The summed E-state index contributed by atoms with van der Waals surface area (Å²) in [7, 11) is -2.91. The third-order valence-corrected chi connectivity index (χ3v) is 4.93. The number of nitrogens with one attached hydrogen (secondary N) is 1. The highest BCUT2D eigenvalue weighted by Gasteiger charge is 2.26. The third kappa shape index (κ3) is 4.49. The minimum absolute atomic E-state index is 0.172. The van der Waals surface area contributed by atoms with Crippen LogP contribution in [0, 0.1) is 0 Å². The van der Waals surface area contributed by atoms with Crippen LogP contribution in [0.2, 0.25) is 0 Å². The van der Waals surface area contributed by atoms with Crippen molar-refractivity contribution in [3.8, 4) is 0 Å². The molecule has 0 unspecified atom stereocenters. The molecule has 0 aromatic heterocycles. The lowest BCUT2D eigenvalue weighted by atomic mass is 10.2. The fourth-order valence-corrected chi connectivity index (χ4v) is 3.39. The molecule has 1 saturated heterocycles. The van der Waals surface area contributed by atoms with E-state index in [0.717, 1.165) is 13.0 Å². The molecule has 0 aromatic rings. The minimum Gasteiger partial charge on any atom is -0.381 e. The van der Waals surface area contributed by atoms with Crippen LogP contribution < -0.4 is 5.32 Å². The molecule has 5 heteroatoms. The summed E-state index contributed by atoms with van der Waals surface area (Å²) in [6.07, 6.45) is 2.36. The van der Waals surface area contributed by atoms with E-state index in [9.17, 15) is 8.42 Å². The zero-order valence-corrected chi connectivity index (χ0v) is 10.2. The van der Waals surface area contributed by atoms with Crippen molar-refractivity contribution in [3.63, 3.8) is 0 Å². The molecule has 0 saturated carbocycles. The monoisotopic (exact) mass is 235 g/mol. The molecule has 0 spiro atoms. The number of ether oxygens (including phenoxy) is 1. The van der Waals surface area contributed by atoms with Crippen LogP contribution in [0.1, 0.15) is 26.2 Å². The van der Waals surface area contributed by atoms with Crippen LogP contribution in [-0.4, -0.2) is 45.7 Å². The first kappa shape index (κ1) is 12.9. The molecule has 15 heavy (non-hydrogen) atoms. The molecule has 1 fully saturated rings. The molecule has 0 aromatic carbocycles. The second kappa shape index (κ2) is 6.45. The molecule has 4 nitrogen and oxygen atoms in total. The largest absolute Gasteiger partial charge is 0.381 e. The summed E-state index contributed by atoms with van der Waals surface area (Å²) in [6, 6.07) is 0. The molecule has 1 aliphatic rings. The molecule has 0 bridgehead atoms. The van der Waals surface area contributed by atoms with E-state index in [1.165, 1.54) is 0 Å². The highest BCUT2D eigenvalue weighted by atomic mass is 32.2. The summed E-state index contributed by atoms with van der Waals surface area (Å²) >= 11 is 0. The molecule has 1 aliphatic heterocycles. The number of sulfone groups is 1. The highest BCUT2D eigenvalue weighted by molar-refractivity contribution is 7.92. The van der Waals surface area contributed by atoms with E-state index in [4.69, 9.17) is 4.74 Å². The first-order valence-electron chi connectivity index (χ1n) is 5.67. The van der Waals surface area contributed by atoms with Crippen molar-refractivity contribution in [3.05, 3.63) is 0 Å². The van der Waals surface area contributed by atoms with Gasteiger partial charge in [0.2, 0.25) is 0 Å². The average molecular weight is 235 g/mol. The van der Waals surface area contributed by atoms with Gasteiger partial charge >= 0.3 is 0 Å². The van der Waals surface area contributed by atoms with E-state index >= 15 is 0 Å². The highest BCUT2D eigenvalue weighted by Crippen LogP contribution is 2.16. The van der Waals surface area contributed by atoms with Crippen LogP contribution in [0.15, 0.2) is 0 Å². The van der Waals surface area contributed by atoms with Crippen molar-refractivity contribution in [2.45, 2.75) is 31.4 Å². The Labute approximate surface area is 92.3 Å². The lowest BCUT2D eigenvalue weighted by Gasteiger charge is -2.22. The number of rotatable bonds is 6. The molecule has 0 radical (unpaired) electrons. The molecular formula is C10H21NO3S. The summed E-state index contributed by atoms with van der Waals surface area (Å²) < 4.78 is 28.9. The van der Waals surface area contributed by atoms with Crippen LogP contribution in [0.5, 0.6) is 0 Å². The first-order chi connectivity index (χ1) is 7.17. The quantitative estimate of drug-likeness (QED) is 0.684. The van der Waals surface area contributed by atoms with Crippen molar-refractivity contribution in [2.24, 2.45) is 0 Å². The maximum absolute atomic E-state index is 11.9. The molecule has 1 N–H and O–H groups in total.